The molecule has 0 bridgehead atoms. The molecule has 0 N–H and O–H groups in total. The summed E-state index contributed by atoms with van der Waals surface area (Å²) >= 11 is 3.85. The second-order valence-corrected chi connectivity index (χ2v) is 3.17. The Hall–Kier alpha value is -0.830. The lowest BCUT2D eigenvalue weighted by Crippen LogP contribution is -1.96. The Morgan fingerprint density at radius 1 is 1.54 bits per heavy atom. The standard InChI is InChI=1S/C10H14N2S/c1-3-4-10-6-5-9(7-11-10)8(2)12-13/h5-7,13H,3-4H2,1-2H3/b12-8+. The van der Waals surface area contributed by atoms with Crippen molar-refractivity contribution in [2.45, 2.75) is 26.7 Å². The van der Waals surface area contributed by atoms with Crippen LogP contribution in [0.15, 0.2) is 22.7 Å². The maximum Gasteiger partial charge on any atom is 0.0540 e. The molecule has 0 amide bonds. The van der Waals surface area contributed by atoms with Gasteiger partial charge < -0.3 is 0 Å². The lowest BCUT2D eigenvalue weighted by molar-refractivity contribution is 0.882. The second kappa shape index (κ2) is 5.02. The van der Waals surface area contributed by atoms with Crippen LogP contribution in [-0.2, 0) is 6.42 Å². The Morgan fingerprint density at radius 2 is 2.31 bits per heavy atom. The van der Waals surface area contributed by atoms with Crippen molar-refractivity contribution in [1.29, 1.82) is 0 Å². The fourth-order valence-electron chi connectivity index (χ4n) is 1.10. The third-order valence-electron chi connectivity index (χ3n) is 1.90. The van der Waals surface area contributed by atoms with Gasteiger partial charge in [0.05, 0.1) is 5.71 Å². The van der Waals surface area contributed by atoms with Crippen LogP contribution >= 0.6 is 12.8 Å². The molecule has 1 aromatic heterocycles. The van der Waals surface area contributed by atoms with Gasteiger partial charge in [-0.3, -0.25) is 4.98 Å². The quantitative estimate of drug-likeness (QED) is 0.581. The van der Waals surface area contributed by atoms with Crippen molar-refractivity contribution in [3.05, 3.63) is 29.6 Å². The SMILES string of the molecule is CCCc1ccc(/C(C)=N/S)cn1. The molecule has 13 heavy (non-hydrogen) atoms. The summed E-state index contributed by atoms with van der Waals surface area (Å²) in [6, 6.07) is 4.08. The number of aryl methyl sites for hydroxylation is 1. The molecule has 70 valence electrons. The molecule has 0 saturated heterocycles. The average molecular weight is 194 g/mol. The van der Waals surface area contributed by atoms with E-state index in [1.54, 1.807) is 0 Å². The van der Waals surface area contributed by atoms with E-state index in [-0.39, 0.29) is 0 Å². The molecule has 0 atom stereocenters. The highest BCUT2D eigenvalue weighted by molar-refractivity contribution is 7.79. The number of hydrogen-bond acceptors (Lipinski definition) is 3. The van der Waals surface area contributed by atoms with Crippen LogP contribution < -0.4 is 0 Å². The monoisotopic (exact) mass is 194 g/mol. The second-order valence-electron chi connectivity index (χ2n) is 2.97. The summed E-state index contributed by atoms with van der Waals surface area (Å²) in [6.45, 7) is 4.07. The molecule has 0 aliphatic rings. The van der Waals surface area contributed by atoms with Crippen molar-refractivity contribution in [3.63, 3.8) is 0 Å². The van der Waals surface area contributed by atoms with Crippen LogP contribution in [0.5, 0.6) is 0 Å². The first kappa shape index (κ1) is 10.3. The lowest BCUT2D eigenvalue weighted by Gasteiger charge is -2.00. The van der Waals surface area contributed by atoms with Gasteiger partial charge in [0.2, 0.25) is 0 Å². The predicted molar refractivity (Wildman–Crippen MR) is 59.4 cm³/mol. The Bertz CT molecular complexity index is 290. The van der Waals surface area contributed by atoms with Gasteiger partial charge in [0.1, 0.15) is 0 Å². The average Bonchev–Trinajstić information content (AvgIpc) is 2.18. The molecule has 3 heteroatoms. The third-order valence-corrected chi connectivity index (χ3v) is 2.20. The van der Waals surface area contributed by atoms with Gasteiger partial charge in [0.25, 0.3) is 0 Å². The van der Waals surface area contributed by atoms with Crippen molar-refractivity contribution in [1.82, 2.24) is 4.98 Å². The minimum absolute atomic E-state index is 0.902. The Morgan fingerprint density at radius 3 is 2.77 bits per heavy atom. The van der Waals surface area contributed by atoms with Gasteiger partial charge in [-0.05, 0) is 38.3 Å². The third kappa shape index (κ3) is 2.84. The fraction of sp³-hybridized carbons (Fsp3) is 0.400. The first-order valence-corrected chi connectivity index (χ1v) is 4.82. The van der Waals surface area contributed by atoms with Crippen LogP contribution in [0.4, 0.5) is 0 Å². The zero-order valence-corrected chi connectivity index (χ0v) is 8.88. The van der Waals surface area contributed by atoms with Crippen LogP contribution in [0.1, 0.15) is 31.5 Å². The molecular weight excluding hydrogens is 180 g/mol. The van der Waals surface area contributed by atoms with E-state index in [0.717, 1.165) is 29.8 Å². The summed E-state index contributed by atoms with van der Waals surface area (Å²) in [6.07, 6.45) is 4.02. The maximum absolute atomic E-state index is 4.32. The van der Waals surface area contributed by atoms with E-state index in [0.29, 0.717) is 0 Å². The summed E-state index contributed by atoms with van der Waals surface area (Å²) in [5.41, 5.74) is 3.08. The summed E-state index contributed by atoms with van der Waals surface area (Å²) in [5, 5.41) is 0. The number of thiol groups is 1. The van der Waals surface area contributed by atoms with E-state index in [9.17, 15) is 0 Å². The van der Waals surface area contributed by atoms with Crippen LogP contribution in [0.3, 0.4) is 0 Å². The van der Waals surface area contributed by atoms with Crippen molar-refractivity contribution in [3.8, 4) is 0 Å². The Kier molecular flexibility index (Phi) is 3.96. The topological polar surface area (TPSA) is 25.2 Å². The molecule has 1 rings (SSSR count). The number of rotatable bonds is 3. The van der Waals surface area contributed by atoms with E-state index < -0.39 is 0 Å². The molecule has 0 aliphatic heterocycles. The summed E-state index contributed by atoms with van der Waals surface area (Å²) < 4.78 is 3.81. The minimum Gasteiger partial charge on any atom is -0.261 e. The molecule has 0 fully saturated rings. The van der Waals surface area contributed by atoms with Crippen molar-refractivity contribution in [2.75, 3.05) is 0 Å². The normalized spacial score (nSPS) is 11.8. The molecule has 1 heterocycles. The molecular formula is C10H14N2S. The van der Waals surface area contributed by atoms with E-state index in [4.69, 9.17) is 0 Å². The number of nitrogens with zero attached hydrogens (tertiary/aromatic N) is 2. The van der Waals surface area contributed by atoms with E-state index in [2.05, 4.69) is 29.1 Å². The van der Waals surface area contributed by atoms with Gasteiger partial charge in [-0.2, -0.15) is 0 Å². The van der Waals surface area contributed by atoms with Crippen LogP contribution in [0.25, 0.3) is 0 Å². The van der Waals surface area contributed by atoms with Crippen LogP contribution in [-0.4, -0.2) is 10.7 Å². The number of pyridine rings is 1. The fourth-order valence-corrected chi connectivity index (χ4v) is 1.22. The highest BCUT2D eigenvalue weighted by Gasteiger charge is 1.97. The van der Waals surface area contributed by atoms with Crippen molar-refractivity contribution >= 4 is 18.5 Å². The van der Waals surface area contributed by atoms with Crippen molar-refractivity contribution < 1.29 is 0 Å². The Balaban J connectivity index is 2.81. The van der Waals surface area contributed by atoms with Gasteiger partial charge in [0.15, 0.2) is 0 Å². The Labute approximate surface area is 84.7 Å². The number of aromatic nitrogens is 1. The van der Waals surface area contributed by atoms with Gasteiger partial charge in [-0.15, -0.1) is 0 Å². The van der Waals surface area contributed by atoms with Gasteiger partial charge >= 0.3 is 0 Å². The molecule has 0 spiro atoms. The summed E-state index contributed by atoms with van der Waals surface area (Å²) in [5.74, 6) is 0. The predicted octanol–water partition coefficient (Wildman–Crippen LogP) is 2.69. The molecule has 0 aliphatic carbocycles. The zero-order valence-electron chi connectivity index (χ0n) is 7.99. The van der Waals surface area contributed by atoms with E-state index in [1.165, 1.54) is 0 Å². The smallest absolute Gasteiger partial charge is 0.0540 e. The number of hydrogen-bond donors (Lipinski definition) is 1. The molecule has 0 radical (unpaired) electrons. The molecule has 0 saturated carbocycles. The van der Waals surface area contributed by atoms with Gasteiger partial charge in [-0.25, -0.2) is 4.40 Å². The van der Waals surface area contributed by atoms with Crippen molar-refractivity contribution in [2.24, 2.45) is 4.40 Å². The van der Waals surface area contributed by atoms with E-state index in [1.807, 2.05) is 25.3 Å². The maximum atomic E-state index is 4.32. The van der Waals surface area contributed by atoms with Gasteiger partial charge in [-0.1, -0.05) is 13.3 Å². The largest absolute Gasteiger partial charge is 0.261 e. The zero-order chi connectivity index (χ0) is 9.68. The van der Waals surface area contributed by atoms with Crippen LogP contribution in [0.2, 0.25) is 0 Å². The molecule has 0 aromatic carbocycles. The minimum atomic E-state index is 0.902. The highest BCUT2D eigenvalue weighted by atomic mass is 32.1. The van der Waals surface area contributed by atoms with Gasteiger partial charge in [0, 0.05) is 17.5 Å². The molecule has 0 unspecified atom stereocenters. The van der Waals surface area contributed by atoms with Crippen LogP contribution in [0, 0.1) is 0 Å². The first-order chi connectivity index (χ1) is 6.27. The first-order valence-electron chi connectivity index (χ1n) is 4.42. The summed E-state index contributed by atoms with van der Waals surface area (Å²) in [7, 11) is 0. The van der Waals surface area contributed by atoms with E-state index >= 15 is 0 Å². The molecule has 2 nitrogen and oxygen atoms in total. The lowest BCUT2D eigenvalue weighted by atomic mass is 10.1. The molecule has 1 aromatic rings. The highest BCUT2D eigenvalue weighted by Crippen LogP contribution is 2.04. The summed E-state index contributed by atoms with van der Waals surface area (Å²) in [4.78, 5) is 4.32.